The summed E-state index contributed by atoms with van der Waals surface area (Å²) < 4.78 is 29.3. The summed E-state index contributed by atoms with van der Waals surface area (Å²) in [5.41, 5.74) is 2.91. The number of aromatic nitrogens is 3. The van der Waals surface area contributed by atoms with Crippen LogP contribution in [0.1, 0.15) is 32.0 Å². The molecule has 0 saturated carbocycles. The summed E-state index contributed by atoms with van der Waals surface area (Å²) in [7, 11) is -0.176. The molecular formula is C18H27N5O2S. The van der Waals surface area contributed by atoms with Gasteiger partial charge in [-0.15, -0.1) is 0 Å². The van der Waals surface area contributed by atoms with Gasteiger partial charge in [0.25, 0.3) is 10.2 Å². The third-order valence-electron chi connectivity index (χ3n) is 4.76. The third-order valence-corrected chi connectivity index (χ3v) is 6.67. The van der Waals surface area contributed by atoms with Crippen molar-refractivity contribution in [3.05, 3.63) is 36.2 Å². The molecule has 2 aromatic rings. The zero-order valence-corrected chi connectivity index (χ0v) is 16.6. The summed E-state index contributed by atoms with van der Waals surface area (Å²) in [5.74, 6) is 0.294. The maximum Gasteiger partial charge on any atom is 0.281 e. The van der Waals surface area contributed by atoms with Gasteiger partial charge in [0, 0.05) is 45.1 Å². The van der Waals surface area contributed by atoms with Crippen molar-refractivity contribution in [3.63, 3.8) is 0 Å². The number of hydrogen-bond donors (Lipinski definition) is 0. The van der Waals surface area contributed by atoms with Crippen molar-refractivity contribution in [2.24, 2.45) is 5.92 Å². The van der Waals surface area contributed by atoms with E-state index in [0.29, 0.717) is 19.0 Å². The van der Waals surface area contributed by atoms with Gasteiger partial charge in [0.2, 0.25) is 0 Å². The largest absolute Gasteiger partial charge is 0.281 e. The van der Waals surface area contributed by atoms with Crippen LogP contribution in [0.5, 0.6) is 0 Å². The molecule has 7 nitrogen and oxygen atoms in total. The van der Waals surface area contributed by atoms with Gasteiger partial charge in [-0.1, -0.05) is 6.07 Å². The maximum atomic E-state index is 12.3. The van der Waals surface area contributed by atoms with Crippen molar-refractivity contribution in [1.29, 1.82) is 0 Å². The maximum absolute atomic E-state index is 12.3. The highest BCUT2D eigenvalue weighted by Gasteiger charge is 2.32. The molecule has 2 aromatic heterocycles. The lowest BCUT2D eigenvalue weighted by atomic mass is 10.0. The fraction of sp³-hybridized carbons (Fsp3) is 0.556. The lowest BCUT2D eigenvalue weighted by molar-refractivity contribution is 0.409. The molecular weight excluding hydrogens is 350 g/mol. The van der Waals surface area contributed by atoms with E-state index in [2.05, 4.69) is 18.9 Å². The zero-order chi connectivity index (χ0) is 18.9. The second-order valence-corrected chi connectivity index (χ2v) is 9.42. The van der Waals surface area contributed by atoms with E-state index in [1.54, 1.807) is 24.6 Å². The minimum Gasteiger partial charge on any atom is -0.261 e. The standard InChI is InChI=1S/C18H27N5O2S/c1-14(2)23-18(8-10-19-23)17-7-5-6-16(20-17)12-15-9-11-22(13-15)26(24,25)21(3)4/h5-8,10,14-15H,9,11-13H2,1-4H3/t15-/m1/s1. The van der Waals surface area contributed by atoms with Crippen LogP contribution in [0.3, 0.4) is 0 Å². The summed E-state index contributed by atoms with van der Waals surface area (Å²) in [6.45, 7) is 5.32. The van der Waals surface area contributed by atoms with E-state index in [4.69, 9.17) is 4.98 Å². The predicted octanol–water partition coefficient (Wildman–Crippen LogP) is 2.20. The Kier molecular flexibility index (Phi) is 5.45. The highest BCUT2D eigenvalue weighted by Crippen LogP contribution is 2.25. The van der Waals surface area contributed by atoms with E-state index in [9.17, 15) is 8.42 Å². The molecule has 0 N–H and O–H groups in total. The topological polar surface area (TPSA) is 71.3 Å². The van der Waals surface area contributed by atoms with Gasteiger partial charge in [-0.2, -0.15) is 22.1 Å². The van der Waals surface area contributed by atoms with Crippen molar-refractivity contribution in [2.75, 3.05) is 27.2 Å². The molecule has 0 amide bonds. The summed E-state index contributed by atoms with van der Waals surface area (Å²) in [6.07, 6.45) is 3.44. The van der Waals surface area contributed by atoms with Crippen LogP contribution in [-0.2, 0) is 16.6 Å². The Labute approximate surface area is 155 Å². The molecule has 1 aliphatic rings. The first-order valence-corrected chi connectivity index (χ1v) is 10.4. The van der Waals surface area contributed by atoms with Crippen LogP contribution in [0.2, 0.25) is 0 Å². The van der Waals surface area contributed by atoms with Crippen molar-refractivity contribution in [1.82, 2.24) is 23.4 Å². The fourth-order valence-electron chi connectivity index (χ4n) is 3.36. The molecule has 1 aliphatic heterocycles. The quantitative estimate of drug-likeness (QED) is 0.774. The predicted molar refractivity (Wildman–Crippen MR) is 102 cm³/mol. The van der Waals surface area contributed by atoms with Gasteiger partial charge in [0.15, 0.2) is 0 Å². The average Bonchev–Trinajstić information content (AvgIpc) is 3.24. The summed E-state index contributed by atoms with van der Waals surface area (Å²) in [6, 6.07) is 8.27. The van der Waals surface area contributed by atoms with E-state index < -0.39 is 10.2 Å². The van der Waals surface area contributed by atoms with Crippen molar-refractivity contribution in [2.45, 2.75) is 32.7 Å². The third kappa shape index (κ3) is 3.82. The molecule has 26 heavy (non-hydrogen) atoms. The Hall–Kier alpha value is -1.77. The van der Waals surface area contributed by atoms with E-state index >= 15 is 0 Å². The van der Waals surface area contributed by atoms with Gasteiger partial charge in [-0.05, 0) is 50.8 Å². The molecule has 8 heteroatoms. The van der Waals surface area contributed by atoms with Crippen molar-refractivity contribution < 1.29 is 8.42 Å². The molecule has 0 unspecified atom stereocenters. The summed E-state index contributed by atoms with van der Waals surface area (Å²) in [5, 5.41) is 4.38. The van der Waals surface area contributed by atoms with E-state index in [0.717, 1.165) is 29.9 Å². The Balaban J connectivity index is 1.73. The van der Waals surface area contributed by atoms with Gasteiger partial charge in [-0.25, -0.2) is 0 Å². The number of pyridine rings is 1. The van der Waals surface area contributed by atoms with Crippen LogP contribution in [-0.4, -0.2) is 59.0 Å². The minimum atomic E-state index is -3.33. The lowest BCUT2D eigenvalue weighted by Crippen LogP contribution is -2.38. The van der Waals surface area contributed by atoms with Crippen LogP contribution in [0.25, 0.3) is 11.4 Å². The molecule has 3 rings (SSSR count). The smallest absolute Gasteiger partial charge is 0.261 e. The van der Waals surface area contributed by atoms with E-state index in [-0.39, 0.29) is 6.04 Å². The SMILES string of the molecule is CC(C)n1nccc1-c1cccc(C[C@H]2CCN(S(=O)(=O)N(C)C)C2)n1. The fourth-order valence-corrected chi connectivity index (χ4v) is 4.56. The van der Waals surface area contributed by atoms with Gasteiger partial charge in [0.1, 0.15) is 0 Å². The highest BCUT2D eigenvalue weighted by atomic mass is 32.2. The zero-order valence-electron chi connectivity index (χ0n) is 15.8. The first kappa shape index (κ1) is 19.0. The molecule has 0 aromatic carbocycles. The van der Waals surface area contributed by atoms with E-state index in [1.165, 1.54) is 4.31 Å². The molecule has 1 saturated heterocycles. The monoisotopic (exact) mass is 377 g/mol. The first-order valence-electron chi connectivity index (χ1n) is 8.96. The Morgan fingerprint density at radius 1 is 1.27 bits per heavy atom. The summed E-state index contributed by atoms with van der Waals surface area (Å²) >= 11 is 0. The number of hydrogen-bond acceptors (Lipinski definition) is 4. The van der Waals surface area contributed by atoms with Crippen molar-refractivity contribution in [3.8, 4) is 11.4 Å². The first-order chi connectivity index (χ1) is 12.3. The molecule has 142 valence electrons. The van der Waals surface area contributed by atoms with Crippen LogP contribution < -0.4 is 0 Å². The van der Waals surface area contributed by atoms with Gasteiger partial charge < -0.3 is 0 Å². The Morgan fingerprint density at radius 3 is 2.73 bits per heavy atom. The second-order valence-electron chi connectivity index (χ2n) is 7.28. The summed E-state index contributed by atoms with van der Waals surface area (Å²) in [4.78, 5) is 4.80. The van der Waals surface area contributed by atoms with E-state index in [1.807, 2.05) is 28.9 Å². The number of nitrogens with zero attached hydrogens (tertiary/aromatic N) is 5. The van der Waals surface area contributed by atoms with Crippen LogP contribution >= 0.6 is 0 Å². The van der Waals surface area contributed by atoms with Crippen LogP contribution in [0.4, 0.5) is 0 Å². The highest BCUT2D eigenvalue weighted by molar-refractivity contribution is 7.86. The minimum absolute atomic E-state index is 0.269. The van der Waals surface area contributed by atoms with Gasteiger partial charge in [-0.3, -0.25) is 9.67 Å². The second kappa shape index (κ2) is 7.46. The molecule has 1 fully saturated rings. The van der Waals surface area contributed by atoms with Crippen LogP contribution in [0.15, 0.2) is 30.5 Å². The molecule has 0 aliphatic carbocycles. The Morgan fingerprint density at radius 2 is 2.04 bits per heavy atom. The number of rotatable bonds is 6. The van der Waals surface area contributed by atoms with Crippen LogP contribution in [0, 0.1) is 5.92 Å². The van der Waals surface area contributed by atoms with Crippen molar-refractivity contribution >= 4 is 10.2 Å². The molecule has 1 atom stereocenters. The molecule has 0 bridgehead atoms. The normalized spacial score (nSPS) is 18.9. The molecule has 0 radical (unpaired) electrons. The average molecular weight is 378 g/mol. The molecule has 3 heterocycles. The molecule has 0 spiro atoms. The lowest BCUT2D eigenvalue weighted by Gasteiger charge is -2.20. The van der Waals surface area contributed by atoms with Gasteiger partial charge >= 0.3 is 0 Å². The Bertz CT molecular complexity index is 860. The van der Waals surface area contributed by atoms with Gasteiger partial charge in [0.05, 0.1) is 11.4 Å².